The van der Waals surface area contributed by atoms with Gasteiger partial charge < -0.3 is 4.98 Å². The van der Waals surface area contributed by atoms with Crippen molar-refractivity contribution >= 4 is 21.4 Å². The Hall–Kier alpha value is -0.660. The molecule has 0 spiro atoms. The molecular formula is C11H20N2O3S2. The van der Waals surface area contributed by atoms with Gasteiger partial charge in [-0.15, -0.1) is 0 Å². The van der Waals surface area contributed by atoms with Gasteiger partial charge in [-0.1, -0.05) is 25.2 Å². The van der Waals surface area contributed by atoms with Crippen LogP contribution in [0.3, 0.4) is 0 Å². The van der Waals surface area contributed by atoms with Crippen LogP contribution in [0, 0.1) is 12.8 Å². The lowest BCUT2D eigenvalue weighted by Crippen LogP contribution is -2.35. The minimum atomic E-state index is -3.57. The number of hydrogen-bond acceptors (Lipinski definition) is 4. The number of hydrogen-bond donors (Lipinski definition) is 1. The maximum absolute atomic E-state index is 12.4. The molecule has 0 bridgehead atoms. The Morgan fingerprint density at radius 2 is 1.89 bits per heavy atom. The number of aromatic amines is 1. The highest BCUT2D eigenvalue weighted by molar-refractivity contribution is 7.91. The molecule has 1 aromatic heterocycles. The second kappa shape index (κ2) is 5.54. The Morgan fingerprint density at radius 1 is 1.33 bits per heavy atom. The molecule has 0 aliphatic carbocycles. The van der Waals surface area contributed by atoms with E-state index in [1.165, 1.54) is 4.31 Å². The molecule has 0 saturated heterocycles. The molecule has 1 atom stereocenters. The van der Waals surface area contributed by atoms with Crippen molar-refractivity contribution in [3.05, 3.63) is 15.4 Å². The summed E-state index contributed by atoms with van der Waals surface area (Å²) in [6.07, 6.45) is 0.786. The van der Waals surface area contributed by atoms with Crippen LogP contribution in [0.4, 0.5) is 0 Å². The average Bonchev–Trinajstić information content (AvgIpc) is 2.56. The first kappa shape index (κ1) is 15.4. The monoisotopic (exact) mass is 292 g/mol. The molecule has 0 radical (unpaired) electrons. The van der Waals surface area contributed by atoms with E-state index in [4.69, 9.17) is 0 Å². The highest BCUT2D eigenvalue weighted by atomic mass is 32.2. The molecule has 1 aromatic rings. The summed E-state index contributed by atoms with van der Waals surface area (Å²) in [4.78, 5) is 13.4. The van der Waals surface area contributed by atoms with Crippen LogP contribution in [0.5, 0.6) is 0 Å². The first-order chi connectivity index (χ1) is 8.16. The average molecular weight is 292 g/mol. The van der Waals surface area contributed by atoms with E-state index in [9.17, 15) is 13.2 Å². The van der Waals surface area contributed by atoms with Crippen molar-refractivity contribution < 1.29 is 8.42 Å². The summed E-state index contributed by atoms with van der Waals surface area (Å²) in [6.45, 7) is 7.59. The number of H-pyrrole nitrogens is 1. The minimum Gasteiger partial charge on any atom is -0.315 e. The molecule has 7 heteroatoms. The third kappa shape index (κ3) is 3.21. The standard InChI is InChI=1S/C11H20N2O3S2/c1-7(2)6-8(3)13(5)18(15,16)10-9(4)12-11(14)17-10/h7-8H,6H2,1-5H3,(H,12,14). The van der Waals surface area contributed by atoms with Crippen LogP contribution in [0.25, 0.3) is 0 Å². The number of aromatic nitrogens is 1. The minimum absolute atomic E-state index is 0.0911. The van der Waals surface area contributed by atoms with Crippen molar-refractivity contribution in [2.45, 2.75) is 44.4 Å². The predicted molar refractivity (Wildman–Crippen MR) is 73.5 cm³/mol. The summed E-state index contributed by atoms with van der Waals surface area (Å²) < 4.78 is 26.2. The lowest BCUT2D eigenvalue weighted by molar-refractivity contribution is 0.338. The van der Waals surface area contributed by atoms with Gasteiger partial charge in [0.15, 0.2) is 4.21 Å². The molecule has 104 valence electrons. The van der Waals surface area contributed by atoms with Gasteiger partial charge >= 0.3 is 4.87 Å². The van der Waals surface area contributed by atoms with E-state index in [2.05, 4.69) is 18.8 Å². The maximum Gasteiger partial charge on any atom is 0.305 e. The highest BCUT2D eigenvalue weighted by Gasteiger charge is 2.29. The molecule has 0 aromatic carbocycles. The molecule has 0 amide bonds. The number of nitrogens with zero attached hydrogens (tertiary/aromatic N) is 1. The smallest absolute Gasteiger partial charge is 0.305 e. The number of thiazole rings is 1. The molecule has 1 N–H and O–H groups in total. The highest BCUT2D eigenvalue weighted by Crippen LogP contribution is 2.23. The fraction of sp³-hybridized carbons (Fsp3) is 0.727. The number of nitrogens with one attached hydrogen (secondary N) is 1. The lowest BCUT2D eigenvalue weighted by atomic mass is 10.1. The Balaban J connectivity index is 3.07. The van der Waals surface area contributed by atoms with Crippen LogP contribution in [-0.2, 0) is 10.0 Å². The van der Waals surface area contributed by atoms with Crippen LogP contribution < -0.4 is 4.87 Å². The van der Waals surface area contributed by atoms with Gasteiger partial charge in [0, 0.05) is 18.8 Å². The van der Waals surface area contributed by atoms with Crippen LogP contribution in [0.2, 0.25) is 0 Å². The Labute approximate surface area is 112 Å². The van der Waals surface area contributed by atoms with E-state index < -0.39 is 10.0 Å². The summed E-state index contributed by atoms with van der Waals surface area (Å²) in [7, 11) is -2.01. The second-order valence-electron chi connectivity index (χ2n) is 4.93. The van der Waals surface area contributed by atoms with Crippen LogP contribution in [0.15, 0.2) is 9.00 Å². The van der Waals surface area contributed by atoms with Crippen LogP contribution in [-0.4, -0.2) is 30.8 Å². The fourth-order valence-corrected chi connectivity index (χ4v) is 4.67. The number of aryl methyl sites for hydroxylation is 1. The van der Waals surface area contributed by atoms with Gasteiger partial charge in [-0.2, -0.15) is 4.31 Å². The molecule has 0 aliphatic heterocycles. The van der Waals surface area contributed by atoms with E-state index in [1.54, 1.807) is 14.0 Å². The van der Waals surface area contributed by atoms with Gasteiger partial charge in [-0.25, -0.2) is 8.42 Å². The summed E-state index contributed by atoms with van der Waals surface area (Å²) in [5.74, 6) is 0.420. The maximum atomic E-state index is 12.4. The lowest BCUT2D eigenvalue weighted by Gasteiger charge is -2.25. The number of rotatable bonds is 5. The van der Waals surface area contributed by atoms with Crippen molar-refractivity contribution in [3.63, 3.8) is 0 Å². The summed E-state index contributed by atoms with van der Waals surface area (Å²) in [5.41, 5.74) is 0.411. The zero-order valence-electron chi connectivity index (χ0n) is 11.4. The Kier molecular flexibility index (Phi) is 4.74. The molecule has 0 aliphatic rings. The molecule has 1 heterocycles. The first-order valence-corrected chi connectivity index (χ1v) is 8.09. The molecule has 5 nitrogen and oxygen atoms in total. The van der Waals surface area contributed by atoms with Crippen molar-refractivity contribution in [3.8, 4) is 0 Å². The van der Waals surface area contributed by atoms with Gasteiger partial charge in [0.25, 0.3) is 10.0 Å². The summed E-state index contributed by atoms with van der Waals surface area (Å²) in [5, 5.41) is 0. The molecule has 18 heavy (non-hydrogen) atoms. The van der Waals surface area contributed by atoms with E-state index in [0.717, 1.165) is 17.8 Å². The van der Waals surface area contributed by atoms with Gasteiger partial charge in [0.1, 0.15) is 0 Å². The normalized spacial score (nSPS) is 14.4. The first-order valence-electron chi connectivity index (χ1n) is 5.84. The third-order valence-corrected chi connectivity index (χ3v) is 6.38. The topological polar surface area (TPSA) is 70.2 Å². The number of sulfonamides is 1. The van der Waals surface area contributed by atoms with Crippen LogP contribution in [0.1, 0.15) is 32.9 Å². The summed E-state index contributed by atoms with van der Waals surface area (Å²) >= 11 is 0.745. The van der Waals surface area contributed by atoms with E-state index in [1.807, 2.05) is 6.92 Å². The van der Waals surface area contributed by atoms with Gasteiger partial charge in [-0.05, 0) is 26.2 Å². The third-order valence-electron chi connectivity index (χ3n) is 2.83. The van der Waals surface area contributed by atoms with Crippen LogP contribution >= 0.6 is 11.3 Å². The van der Waals surface area contributed by atoms with E-state index >= 15 is 0 Å². The van der Waals surface area contributed by atoms with E-state index in [0.29, 0.717) is 11.6 Å². The quantitative estimate of drug-likeness (QED) is 0.899. The molecule has 1 rings (SSSR count). The fourth-order valence-electron chi connectivity index (χ4n) is 1.83. The van der Waals surface area contributed by atoms with Crippen molar-refractivity contribution in [1.82, 2.24) is 9.29 Å². The summed E-state index contributed by atoms with van der Waals surface area (Å²) in [6, 6.07) is -0.0911. The molecule has 0 saturated carbocycles. The predicted octanol–water partition coefficient (Wildman–Crippen LogP) is 1.80. The van der Waals surface area contributed by atoms with Gasteiger partial charge in [-0.3, -0.25) is 4.79 Å². The second-order valence-corrected chi connectivity index (χ2v) is 8.10. The Bertz CT molecular complexity index is 557. The van der Waals surface area contributed by atoms with Crippen molar-refractivity contribution in [2.75, 3.05) is 7.05 Å². The van der Waals surface area contributed by atoms with Crippen molar-refractivity contribution in [1.29, 1.82) is 0 Å². The molecular weight excluding hydrogens is 272 g/mol. The zero-order chi connectivity index (χ0) is 14.1. The SMILES string of the molecule is Cc1[nH]c(=O)sc1S(=O)(=O)N(C)C(C)CC(C)C. The Morgan fingerprint density at radius 3 is 2.28 bits per heavy atom. The largest absolute Gasteiger partial charge is 0.315 e. The van der Waals surface area contributed by atoms with E-state index in [-0.39, 0.29) is 15.1 Å². The van der Waals surface area contributed by atoms with Gasteiger partial charge in [0.05, 0.1) is 0 Å². The molecule has 0 fully saturated rings. The van der Waals surface area contributed by atoms with Crippen molar-refractivity contribution in [2.24, 2.45) is 5.92 Å². The zero-order valence-corrected chi connectivity index (χ0v) is 13.0. The van der Waals surface area contributed by atoms with Gasteiger partial charge in [0.2, 0.25) is 0 Å². The molecule has 1 unspecified atom stereocenters.